The van der Waals surface area contributed by atoms with E-state index in [0.717, 1.165) is 0 Å². The molecular formula is HCrGeI3. The molecule has 0 aliphatic rings. The molecule has 0 bridgehead atoms. The van der Waals surface area contributed by atoms with E-state index in [0.29, 0.717) is 0 Å². The third-order valence-corrected chi connectivity index (χ3v) is 0. The molecule has 0 nitrogen and oxygen atoms in total. The van der Waals surface area contributed by atoms with Gasteiger partial charge in [0, 0.05) is 17.4 Å². The monoisotopic (exact) mass is 508 g/mol. The molecule has 0 aromatic heterocycles. The summed E-state index contributed by atoms with van der Waals surface area (Å²) in [7, 11) is 0. The van der Waals surface area contributed by atoms with Crippen molar-refractivity contribution in [3.63, 3.8) is 0 Å². The average molecular weight is 506 g/mol. The van der Waals surface area contributed by atoms with Gasteiger partial charge in [-0.3, -0.25) is 0 Å². The summed E-state index contributed by atoms with van der Waals surface area (Å²) in [5.74, 6) is 0. The summed E-state index contributed by atoms with van der Waals surface area (Å²) in [6, 6.07) is 0. The summed E-state index contributed by atoms with van der Waals surface area (Å²) in [6.45, 7) is 0. The quantitative estimate of drug-likeness (QED) is 0.349. The predicted octanol–water partition coefficient (Wildman–Crippen LogP) is 2.01. The fourth-order valence-corrected chi connectivity index (χ4v) is 0. The molecule has 5 heteroatoms. The van der Waals surface area contributed by atoms with Crippen LogP contribution in [-0.2, 0) is 17.4 Å². The van der Waals surface area contributed by atoms with Gasteiger partial charge in [-0.15, -0.1) is 0 Å². The molecule has 0 N–H and O–H groups in total. The first-order valence-electron chi connectivity index (χ1n) is 0.655. The van der Waals surface area contributed by atoms with Gasteiger partial charge in [0.25, 0.3) is 0 Å². The topological polar surface area (TPSA) is 0 Å². The van der Waals surface area contributed by atoms with Gasteiger partial charge in [0.2, 0.25) is 0 Å². The average Bonchev–Trinajstić information content (AvgIpc) is 0.811. The Kier molecular flexibility index (Phi) is 16.1. The molecule has 0 saturated carbocycles. The van der Waals surface area contributed by atoms with Crippen molar-refractivity contribution >= 4 is 65.1 Å². The second-order valence-corrected chi connectivity index (χ2v) is 57.9. The van der Waals surface area contributed by atoms with Gasteiger partial charge < -0.3 is 0 Å². The van der Waals surface area contributed by atoms with Crippen LogP contribution in [0.2, 0.25) is 0 Å². The van der Waals surface area contributed by atoms with Crippen LogP contribution in [0.3, 0.4) is 0 Å². The van der Waals surface area contributed by atoms with E-state index < -0.39 is 4.42 Å². The van der Waals surface area contributed by atoms with Crippen molar-refractivity contribution < 1.29 is 17.4 Å². The first kappa shape index (κ1) is 11.1. The zero-order valence-electron chi connectivity index (χ0n) is 2.12. The summed E-state index contributed by atoms with van der Waals surface area (Å²) >= 11 is 7.51. The van der Waals surface area contributed by atoms with Gasteiger partial charge in [0.05, 0.1) is 0 Å². The molecule has 0 radical (unpaired) electrons. The van der Waals surface area contributed by atoms with E-state index in [-0.39, 0.29) is 17.4 Å². The van der Waals surface area contributed by atoms with Crippen molar-refractivity contribution in [3.8, 4) is 0 Å². The third kappa shape index (κ3) is 18.9. The molecular weight excluding hydrogens is 505 g/mol. The van der Waals surface area contributed by atoms with Crippen molar-refractivity contribution in [1.82, 2.24) is 0 Å². The second kappa shape index (κ2) is 7.27. The van der Waals surface area contributed by atoms with Crippen molar-refractivity contribution in [2.45, 2.75) is 0 Å². The van der Waals surface area contributed by atoms with Crippen LogP contribution in [0.25, 0.3) is 0 Å². The van der Waals surface area contributed by atoms with Gasteiger partial charge in [0.1, 0.15) is 0 Å². The van der Waals surface area contributed by atoms with Crippen LogP contribution >= 0.6 is 60.6 Å². The molecule has 0 fully saturated rings. The van der Waals surface area contributed by atoms with Crippen LogP contribution in [0.1, 0.15) is 0 Å². The number of hydrogen-bond donors (Lipinski definition) is 0. The van der Waals surface area contributed by atoms with Crippen LogP contribution in [0.4, 0.5) is 0 Å². The Morgan fingerprint density at radius 1 is 1.00 bits per heavy atom. The van der Waals surface area contributed by atoms with Gasteiger partial charge in [-0.25, -0.2) is 0 Å². The molecule has 0 amide bonds. The Morgan fingerprint density at radius 2 is 1.00 bits per heavy atom. The molecule has 5 heavy (non-hydrogen) atoms. The van der Waals surface area contributed by atoms with Gasteiger partial charge in [-0.2, -0.15) is 0 Å². The summed E-state index contributed by atoms with van der Waals surface area (Å²) < 4.78 is -0.569. The Bertz CT molecular complexity index is 11.6. The molecule has 0 heterocycles. The van der Waals surface area contributed by atoms with Crippen LogP contribution < -0.4 is 0 Å². The SMILES string of the molecule is [Cr].[I][GeH]([I])[I]. The van der Waals surface area contributed by atoms with Crippen LogP contribution in [0.15, 0.2) is 0 Å². The normalized spacial score (nSPS) is 7.20. The summed E-state index contributed by atoms with van der Waals surface area (Å²) in [5, 5.41) is 0. The first-order valence-corrected chi connectivity index (χ1v) is 22.8. The zero-order valence-corrected chi connectivity index (χ0v) is 12.3. The Balaban J connectivity index is 0. The first-order chi connectivity index (χ1) is 1.73. The van der Waals surface area contributed by atoms with E-state index in [9.17, 15) is 0 Å². The van der Waals surface area contributed by atoms with E-state index >= 15 is 0 Å². The van der Waals surface area contributed by atoms with E-state index in [4.69, 9.17) is 0 Å². The van der Waals surface area contributed by atoms with Crippen LogP contribution in [0.5, 0.6) is 0 Å². The molecule has 32 valence electrons. The maximum absolute atomic E-state index is 2.50. The van der Waals surface area contributed by atoms with E-state index in [1.807, 2.05) is 0 Å². The van der Waals surface area contributed by atoms with Gasteiger partial charge >= 0.3 is 65.1 Å². The van der Waals surface area contributed by atoms with Gasteiger partial charge in [-0.1, -0.05) is 0 Å². The number of rotatable bonds is 0. The molecule has 0 saturated heterocycles. The molecule has 0 aliphatic heterocycles. The Hall–Kier alpha value is 3.27. The minimum atomic E-state index is -0.569. The summed E-state index contributed by atoms with van der Waals surface area (Å²) in [4.78, 5) is 0. The molecule has 0 aliphatic carbocycles. The number of hydrogen-bond acceptors (Lipinski definition) is 0. The predicted molar refractivity (Wildman–Crippen MR) is 49.2 cm³/mol. The Morgan fingerprint density at radius 3 is 1.00 bits per heavy atom. The van der Waals surface area contributed by atoms with Gasteiger partial charge in [0.15, 0.2) is 0 Å². The van der Waals surface area contributed by atoms with Gasteiger partial charge in [-0.05, 0) is 0 Å². The zero-order chi connectivity index (χ0) is 3.58. The van der Waals surface area contributed by atoms with Crippen molar-refractivity contribution in [2.24, 2.45) is 0 Å². The fourth-order valence-electron chi connectivity index (χ4n) is 0. The van der Waals surface area contributed by atoms with Crippen molar-refractivity contribution in [3.05, 3.63) is 0 Å². The van der Waals surface area contributed by atoms with Crippen LogP contribution in [0, 0.1) is 0 Å². The summed E-state index contributed by atoms with van der Waals surface area (Å²) in [5.41, 5.74) is 0. The molecule has 0 aromatic rings. The van der Waals surface area contributed by atoms with E-state index in [1.165, 1.54) is 0 Å². The maximum atomic E-state index is 2.50. The van der Waals surface area contributed by atoms with E-state index in [2.05, 4.69) is 60.6 Å². The van der Waals surface area contributed by atoms with Crippen molar-refractivity contribution in [1.29, 1.82) is 0 Å². The molecule has 0 spiro atoms. The molecule has 0 unspecified atom stereocenters. The minimum absolute atomic E-state index is 0. The molecule has 0 rings (SSSR count). The Labute approximate surface area is 80.3 Å². The fraction of sp³-hybridized carbons (Fsp3) is 0. The molecule has 0 aromatic carbocycles. The number of halogens is 3. The standard InChI is InChI=1S/Cr.GeHI3/c;2-1(3)4/h;1H. The van der Waals surface area contributed by atoms with Crippen LogP contribution in [-0.4, -0.2) is 4.42 Å². The van der Waals surface area contributed by atoms with E-state index in [1.54, 1.807) is 0 Å². The molecule has 0 atom stereocenters. The summed E-state index contributed by atoms with van der Waals surface area (Å²) in [6.07, 6.45) is 0. The second-order valence-electron chi connectivity index (χ2n) is 0.247. The van der Waals surface area contributed by atoms with Crippen molar-refractivity contribution in [2.75, 3.05) is 0 Å². The third-order valence-electron chi connectivity index (χ3n) is 0.